The van der Waals surface area contributed by atoms with Gasteiger partial charge in [-0.1, -0.05) is 35.1 Å². The molecule has 0 unspecified atom stereocenters. The topological polar surface area (TPSA) is 64.1 Å². The molecule has 4 rings (SSSR count). The highest BCUT2D eigenvalue weighted by atomic mass is 35.5. The molecular formula is C23H27Cl2N3O4S. The molecule has 3 aromatic rings. The van der Waals surface area contributed by atoms with Gasteiger partial charge in [0.2, 0.25) is 0 Å². The van der Waals surface area contributed by atoms with Gasteiger partial charge in [0, 0.05) is 32.2 Å². The number of morpholine rings is 1. The fourth-order valence-corrected chi connectivity index (χ4v) is 4.87. The molecule has 0 saturated carbocycles. The summed E-state index contributed by atoms with van der Waals surface area (Å²) in [4.78, 5) is 22.0. The van der Waals surface area contributed by atoms with E-state index in [-0.39, 0.29) is 24.9 Å². The van der Waals surface area contributed by atoms with Crippen LogP contribution in [0.5, 0.6) is 11.5 Å². The van der Waals surface area contributed by atoms with Crippen molar-refractivity contribution in [3.05, 3.63) is 47.0 Å². The van der Waals surface area contributed by atoms with E-state index < -0.39 is 0 Å². The van der Waals surface area contributed by atoms with Crippen LogP contribution in [-0.4, -0.2) is 68.9 Å². The molecule has 0 spiro atoms. The minimum Gasteiger partial charge on any atom is -0.497 e. The fraction of sp³-hybridized carbons (Fsp3) is 0.391. The number of hydrogen-bond donors (Lipinski definition) is 0. The van der Waals surface area contributed by atoms with E-state index in [1.807, 2.05) is 31.2 Å². The average molecular weight is 512 g/mol. The monoisotopic (exact) mass is 511 g/mol. The second-order valence-corrected chi connectivity index (χ2v) is 8.89. The molecule has 0 bridgehead atoms. The first-order valence-corrected chi connectivity index (χ1v) is 11.7. The maximum atomic E-state index is 13.3. The number of aromatic nitrogens is 1. The van der Waals surface area contributed by atoms with Gasteiger partial charge in [0.25, 0.3) is 5.91 Å². The number of amides is 1. The van der Waals surface area contributed by atoms with E-state index in [1.54, 1.807) is 24.1 Å². The zero-order chi connectivity index (χ0) is 22.5. The van der Waals surface area contributed by atoms with Gasteiger partial charge in [-0.05, 0) is 30.7 Å². The van der Waals surface area contributed by atoms with E-state index in [2.05, 4.69) is 4.90 Å². The van der Waals surface area contributed by atoms with Crippen molar-refractivity contribution < 1.29 is 19.0 Å². The summed E-state index contributed by atoms with van der Waals surface area (Å²) >= 11 is 7.84. The summed E-state index contributed by atoms with van der Waals surface area (Å²) < 4.78 is 17.3. The molecule has 1 amide bonds. The summed E-state index contributed by atoms with van der Waals surface area (Å²) in [5.74, 6) is 1.10. The van der Waals surface area contributed by atoms with Crippen LogP contribution in [0.1, 0.15) is 5.56 Å². The highest BCUT2D eigenvalue weighted by Gasteiger charge is 2.23. The molecule has 1 aromatic heterocycles. The summed E-state index contributed by atoms with van der Waals surface area (Å²) in [5.41, 5.74) is 1.86. The van der Waals surface area contributed by atoms with Crippen molar-refractivity contribution in [1.82, 2.24) is 9.88 Å². The van der Waals surface area contributed by atoms with E-state index in [0.29, 0.717) is 41.4 Å². The largest absolute Gasteiger partial charge is 0.497 e. The molecule has 1 aliphatic heterocycles. The lowest BCUT2D eigenvalue weighted by atomic mass is 10.2. The van der Waals surface area contributed by atoms with E-state index in [0.717, 1.165) is 35.4 Å². The Bertz CT molecular complexity index is 1050. The van der Waals surface area contributed by atoms with Crippen LogP contribution in [0.3, 0.4) is 0 Å². The Balaban J connectivity index is 0.00000306. The minimum atomic E-state index is -0.158. The van der Waals surface area contributed by atoms with E-state index in [4.69, 9.17) is 30.8 Å². The van der Waals surface area contributed by atoms with Crippen molar-refractivity contribution >= 4 is 56.6 Å². The van der Waals surface area contributed by atoms with E-state index in [9.17, 15) is 4.79 Å². The molecule has 0 aliphatic carbocycles. The van der Waals surface area contributed by atoms with Gasteiger partial charge in [-0.3, -0.25) is 14.6 Å². The number of hydrogen-bond acceptors (Lipinski definition) is 7. The summed E-state index contributed by atoms with van der Waals surface area (Å²) in [6, 6.07) is 11.0. The number of anilines is 1. The number of halogens is 2. The van der Waals surface area contributed by atoms with Gasteiger partial charge in [0.1, 0.15) is 11.5 Å². The predicted octanol–water partition coefficient (Wildman–Crippen LogP) is 4.43. The maximum absolute atomic E-state index is 13.3. The first-order chi connectivity index (χ1) is 15.5. The molecule has 10 heteroatoms. The standard InChI is InChI=1S/C23H26ClN3O4S.ClH/c1-16-6-7-19(24)22-21(16)25-23(32-22)27(9-8-26-10-12-30-13-11-26)20(28)15-31-18-5-3-4-17(14-18)29-2;/h3-7,14H,8-13,15H2,1-2H3;1H. The summed E-state index contributed by atoms with van der Waals surface area (Å²) in [7, 11) is 1.60. The van der Waals surface area contributed by atoms with Crippen molar-refractivity contribution in [2.24, 2.45) is 0 Å². The van der Waals surface area contributed by atoms with Crippen LogP contribution in [-0.2, 0) is 9.53 Å². The molecule has 2 aromatic carbocycles. The van der Waals surface area contributed by atoms with Gasteiger partial charge < -0.3 is 14.2 Å². The number of thiazole rings is 1. The van der Waals surface area contributed by atoms with Crippen molar-refractivity contribution in [3.63, 3.8) is 0 Å². The zero-order valence-electron chi connectivity index (χ0n) is 18.6. The normalized spacial score (nSPS) is 14.0. The number of fused-ring (bicyclic) bond motifs is 1. The molecule has 0 atom stereocenters. The lowest BCUT2D eigenvalue weighted by Gasteiger charge is -2.29. The molecule has 0 radical (unpaired) electrons. The van der Waals surface area contributed by atoms with Gasteiger partial charge in [0.15, 0.2) is 11.7 Å². The van der Waals surface area contributed by atoms with Gasteiger partial charge in [-0.15, -0.1) is 12.4 Å². The van der Waals surface area contributed by atoms with E-state index >= 15 is 0 Å². The Kier molecular flexibility index (Phi) is 9.17. The Morgan fingerprint density at radius 1 is 1.24 bits per heavy atom. The predicted molar refractivity (Wildman–Crippen MR) is 135 cm³/mol. The Morgan fingerprint density at radius 2 is 2.00 bits per heavy atom. The molecule has 33 heavy (non-hydrogen) atoms. The Hall–Kier alpha value is -2.10. The number of methoxy groups -OCH3 is 1. The van der Waals surface area contributed by atoms with Gasteiger partial charge in [-0.25, -0.2) is 4.98 Å². The second kappa shape index (κ2) is 11.9. The van der Waals surface area contributed by atoms with Crippen LogP contribution in [0.25, 0.3) is 10.2 Å². The number of ether oxygens (including phenoxy) is 3. The highest BCUT2D eigenvalue weighted by molar-refractivity contribution is 7.23. The van der Waals surface area contributed by atoms with Crippen molar-refractivity contribution in [2.75, 3.05) is 58.0 Å². The molecule has 2 heterocycles. The minimum absolute atomic E-state index is 0. The van der Waals surface area contributed by atoms with Gasteiger partial charge in [0.05, 0.1) is 35.6 Å². The number of carbonyl (C=O) groups excluding carboxylic acids is 1. The fourth-order valence-electron chi connectivity index (χ4n) is 3.51. The molecule has 1 saturated heterocycles. The first-order valence-electron chi connectivity index (χ1n) is 10.5. The van der Waals surface area contributed by atoms with Crippen LogP contribution in [0.2, 0.25) is 5.02 Å². The lowest BCUT2D eigenvalue weighted by molar-refractivity contribution is -0.120. The summed E-state index contributed by atoms with van der Waals surface area (Å²) in [6.45, 7) is 6.27. The van der Waals surface area contributed by atoms with Crippen molar-refractivity contribution in [1.29, 1.82) is 0 Å². The third-order valence-electron chi connectivity index (χ3n) is 5.36. The van der Waals surface area contributed by atoms with Crippen molar-refractivity contribution in [2.45, 2.75) is 6.92 Å². The number of benzene rings is 2. The Labute approximate surface area is 208 Å². The molecular weight excluding hydrogens is 485 g/mol. The first kappa shape index (κ1) is 25.5. The third-order valence-corrected chi connectivity index (χ3v) is 6.90. The number of aryl methyl sites for hydroxylation is 1. The quantitative estimate of drug-likeness (QED) is 0.445. The number of nitrogens with zero attached hydrogens (tertiary/aromatic N) is 3. The summed E-state index contributed by atoms with van der Waals surface area (Å²) in [6.07, 6.45) is 0. The SMILES string of the molecule is COc1cccc(OCC(=O)N(CCN2CCOCC2)c2nc3c(C)ccc(Cl)c3s2)c1.Cl. The molecule has 1 aliphatic rings. The van der Waals surface area contributed by atoms with Gasteiger partial charge >= 0.3 is 0 Å². The summed E-state index contributed by atoms with van der Waals surface area (Å²) in [5, 5.41) is 1.27. The second-order valence-electron chi connectivity index (χ2n) is 7.51. The smallest absolute Gasteiger partial charge is 0.266 e. The molecule has 1 fully saturated rings. The molecule has 178 valence electrons. The van der Waals surface area contributed by atoms with Crippen LogP contribution in [0, 0.1) is 6.92 Å². The van der Waals surface area contributed by atoms with Crippen LogP contribution >= 0.6 is 35.3 Å². The highest BCUT2D eigenvalue weighted by Crippen LogP contribution is 2.35. The zero-order valence-corrected chi connectivity index (χ0v) is 21.0. The van der Waals surface area contributed by atoms with Crippen LogP contribution < -0.4 is 14.4 Å². The van der Waals surface area contributed by atoms with Crippen LogP contribution in [0.15, 0.2) is 36.4 Å². The molecule has 0 N–H and O–H groups in total. The Morgan fingerprint density at radius 3 is 2.73 bits per heavy atom. The van der Waals surface area contributed by atoms with Gasteiger partial charge in [-0.2, -0.15) is 0 Å². The van der Waals surface area contributed by atoms with E-state index in [1.165, 1.54) is 11.3 Å². The third kappa shape index (κ3) is 6.28. The lowest BCUT2D eigenvalue weighted by Crippen LogP contribution is -2.44. The maximum Gasteiger partial charge on any atom is 0.266 e. The molecule has 7 nitrogen and oxygen atoms in total. The average Bonchev–Trinajstić information content (AvgIpc) is 3.27. The number of rotatable bonds is 8. The van der Waals surface area contributed by atoms with Crippen LogP contribution in [0.4, 0.5) is 5.13 Å². The number of carbonyl (C=O) groups is 1. The van der Waals surface area contributed by atoms with Crippen molar-refractivity contribution in [3.8, 4) is 11.5 Å².